The lowest BCUT2D eigenvalue weighted by atomic mass is 10.1. The zero-order chi connectivity index (χ0) is 14.9. The molecule has 20 heavy (non-hydrogen) atoms. The Bertz CT molecular complexity index is 570. The van der Waals surface area contributed by atoms with Crippen LogP contribution < -0.4 is 4.90 Å². The maximum Gasteiger partial charge on any atom is 0.121 e. The topological polar surface area (TPSA) is 41.3 Å². The second-order valence-electron chi connectivity index (χ2n) is 5.64. The predicted octanol–water partition coefficient (Wildman–Crippen LogP) is 2.69. The first-order valence-corrected chi connectivity index (χ1v) is 6.88. The Labute approximate surface area is 120 Å². The van der Waals surface area contributed by atoms with Gasteiger partial charge in [-0.2, -0.15) is 0 Å². The summed E-state index contributed by atoms with van der Waals surface area (Å²) in [5.74, 6) is 1.33. The Morgan fingerprint density at radius 3 is 2.20 bits per heavy atom. The van der Waals surface area contributed by atoms with E-state index in [1.807, 2.05) is 54.9 Å². The molecule has 0 saturated carbocycles. The molecular formula is C16H23N3O. The first kappa shape index (κ1) is 14.6. The molecule has 1 heterocycles. The third kappa shape index (κ3) is 2.70. The summed E-state index contributed by atoms with van der Waals surface area (Å²) >= 11 is 0. The molecule has 0 aliphatic rings. The third-order valence-electron chi connectivity index (χ3n) is 3.58. The van der Waals surface area contributed by atoms with Gasteiger partial charge in [-0.05, 0) is 17.7 Å². The van der Waals surface area contributed by atoms with Crippen LogP contribution in [0.15, 0.2) is 30.5 Å². The summed E-state index contributed by atoms with van der Waals surface area (Å²) in [6.45, 7) is 4.20. The van der Waals surface area contributed by atoms with E-state index in [2.05, 4.69) is 18.8 Å². The van der Waals surface area contributed by atoms with Crippen LogP contribution in [-0.2, 0) is 7.05 Å². The van der Waals surface area contributed by atoms with E-state index in [9.17, 15) is 5.11 Å². The number of imidazole rings is 1. The number of anilines is 1. The first-order chi connectivity index (χ1) is 9.41. The van der Waals surface area contributed by atoms with Crippen LogP contribution in [0.2, 0.25) is 0 Å². The largest absolute Gasteiger partial charge is 0.382 e. The van der Waals surface area contributed by atoms with Crippen molar-refractivity contribution >= 4 is 5.69 Å². The molecular weight excluding hydrogens is 250 g/mol. The van der Waals surface area contributed by atoms with Gasteiger partial charge >= 0.3 is 0 Å². The second kappa shape index (κ2) is 5.67. The Kier molecular flexibility index (Phi) is 4.14. The summed E-state index contributed by atoms with van der Waals surface area (Å²) in [5, 5.41) is 10.5. The Morgan fingerprint density at radius 2 is 1.75 bits per heavy atom. The highest BCUT2D eigenvalue weighted by Gasteiger charge is 2.18. The predicted molar refractivity (Wildman–Crippen MR) is 82.1 cm³/mol. The van der Waals surface area contributed by atoms with Crippen molar-refractivity contribution in [1.29, 1.82) is 0 Å². The number of benzene rings is 1. The summed E-state index contributed by atoms with van der Waals surface area (Å²) in [5.41, 5.74) is 2.83. The zero-order valence-corrected chi connectivity index (χ0v) is 12.8. The average Bonchev–Trinajstić information content (AvgIpc) is 2.80. The molecule has 1 N–H and O–H groups in total. The molecule has 0 saturated heterocycles. The van der Waals surface area contributed by atoms with Crippen molar-refractivity contribution in [2.24, 2.45) is 7.05 Å². The van der Waals surface area contributed by atoms with Gasteiger partial charge in [0.25, 0.3) is 0 Å². The van der Waals surface area contributed by atoms with Crippen LogP contribution in [0.5, 0.6) is 0 Å². The maximum absolute atomic E-state index is 10.5. The van der Waals surface area contributed by atoms with Crippen molar-refractivity contribution in [1.82, 2.24) is 9.55 Å². The molecule has 0 unspecified atom stereocenters. The standard InChI is InChI=1S/C16H23N3O/c1-11(2)16-17-10-14(19(16)5)15(20)12-6-8-13(9-7-12)18(3)4/h6-11,15,20H,1-5H3/t15-/m1/s1. The number of hydrogen-bond donors (Lipinski definition) is 1. The molecule has 2 rings (SSSR count). The Morgan fingerprint density at radius 1 is 1.15 bits per heavy atom. The molecule has 4 heteroatoms. The van der Waals surface area contributed by atoms with E-state index < -0.39 is 6.10 Å². The van der Waals surface area contributed by atoms with Gasteiger partial charge in [0.2, 0.25) is 0 Å². The van der Waals surface area contributed by atoms with E-state index in [-0.39, 0.29) is 0 Å². The van der Waals surface area contributed by atoms with Gasteiger partial charge in [-0.3, -0.25) is 0 Å². The fourth-order valence-corrected chi connectivity index (χ4v) is 2.35. The van der Waals surface area contributed by atoms with Gasteiger partial charge in [-0.1, -0.05) is 26.0 Å². The van der Waals surface area contributed by atoms with E-state index in [4.69, 9.17) is 0 Å². The molecule has 1 atom stereocenters. The lowest BCUT2D eigenvalue weighted by Crippen LogP contribution is -2.10. The molecule has 0 fully saturated rings. The third-order valence-corrected chi connectivity index (χ3v) is 3.58. The lowest BCUT2D eigenvalue weighted by Gasteiger charge is -2.16. The SMILES string of the molecule is CC(C)c1ncc([C@H](O)c2ccc(N(C)C)cc2)n1C. The quantitative estimate of drug-likeness (QED) is 0.931. The van der Waals surface area contributed by atoms with Crippen LogP contribution in [0.4, 0.5) is 5.69 Å². The summed E-state index contributed by atoms with van der Waals surface area (Å²) in [6, 6.07) is 7.95. The maximum atomic E-state index is 10.5. The molecule has 2 aromatic rings. The van der Waals surface area contributed by atoms with Crippen molar-refractivity contribution in [2.75, 3.05) is 19.0 Å². The summed E-state index contributed by atoms with van der Waals surface area (Å²) < 4.78 is 1.98. The Hall–Kier alpha value is -1.81. The molecule has 0 radical (unpaired) electrons. The minimum atomic E-state index is -0.642. The molecule has 1 aromatic carbocycles. The van der Waals surface area contributed by atoms with Gasteiger partial charge in [0.05, 0.1) is 11.9 Å². The zero-order valence-electron chi connectivity index (χ0n) is 12.8. The van der Waals surface area contributed by atoms with E-state index in [0.29, 0.717) is 5.92 Å². The Balaban J connectivity index is 2.29. The van der Waals surface area contributed by atoms with Crippen molar-refractivity contribution in [3.8, 4) is 0 Å². The summed E-state index contributed by atoms with van der Waals surface area (Å²) in [6.07, 6.45) is 1.12. The second-order valence-corrected chi connectivity index (χ2v) is 5.64. The van der Waals surface area contributed by atoms with Crippen molar-refractivity contribution in [2.45, 2.75) is 25.9 Å². The van der Waals surface area contributed by atoms with Crippen molar-refractivity contribution < 1.29 is 5.11 Å². The van der Waals surface area contributed by atoms with E-state index >= 15 is 0 Å². The van der Waals surface area contributed by atoms with E-state index in [1.54, 1.807) is 6.20 Å². The van der Waals surface area contributed by atoms with Crippen LogP contribution in [0.1, 0.15) is 43.0 Å². The highest BCUT2D eigenvalue weighted by atomic mass is 16.3. The van der Waals surface area contributed by atoms with Crippen molar-refractivity contribution in [3.05, 3.63) is 47.5 Å². The number of rotatable bonds is 4. The number of hydrogen-bond acceptors (Lipinski definition) is 3. The number of nitrogens with zero attached hydrogens (tertiary/aromatic N) is 3. The molecule has 0 bridgehead atoms. The smallest absolute Gasteiger partial charge is 0.121 e. The van der Waals surface area contributed by atoms with Gasteiger partial charge in [0.1, 0.15) is 11.9 Å². The average molecular weight is 273 g/mol. The van der Waals surface area contributed by atoms with Crippen LogP contribution in [0, 0.1) is 0 Å². The lowest BCUT2D eigenvalue weighted by molar-refractivity contribution is 0.211. The van der Waals surface area contributed by atoms with E-state index in [1.165, 1.54) is 0 Å². The number of aromatic nitrogens is 2. The molecule has 4 nitrogen and oxygen atoms in total. The highest BCUT2D eigenvalue weighted by Crippen LogP contribution is 2.25. The number of aliphatic hydroxyl groups is 1. The van der Waals surface area contributed by atoms with Crippen LogP contribution in [-0.4, -0.2) is 28.8 Å². The highest BCUT2D eigenvalue weighted by molar-refractivity contribution is 5.47. The van der Waals surface area contributed by atoms with Crippen LogP contribution >= 0.6 is 0 Å². The fourth-order valence-electron chi connectivity index (χ4n) is 2.35. The normalized spacial score (nSPS) is 12.8. The molecule has 108 valence electrons. The summed E-state index contributed by atoms with van der Waals surface area (Å²) in [4.78, 5) is 6.44. The molecule has 0 aliphatic carbocycles. The van der Waals surface area contributed by atoms with Crippen molar-refractivity contribution in [3.63, 3.8) is 0 Å². The molecule has 0 aliphatic heterocycles. The van der Waals surface area contributed by atoms with Gasteiger partial charge in [-0.15, -0.1) is 0 Å². The van der Waals surface area contributed by atoms with Crippen LogP contribution in [0.25, 0.3) is 0 Å². The number of aliphatic hydroxyl groups excluding tert-OH is 1. The fraction of sp³-hybridized carbons (Fsp3) is 0.438. The summed E-state index contributed by atoms with van der Waals surface area (Å²) in [7, 11) is 5.96. The van der Waals surface area contributed by atoms with Crippen LogP contribution in [0.3, 0.4) is 0 Å². The minimum absolute atomic E-state index is 0.345. The molecule has 0 amide bonds. The first-order valence-electron chi connectivity index (χ1n) is 6.88. The van der Waals surface area contributed by atoms with E-state index in [0.717, 1.165) is 22.8 Å². The van der Waals surface area contributed by atoms with Gasteiger partial charge in [0, 0.05) is 32.7 Å². The van der Waals surface area contributed by atoms with Gasteiger partial charge in [-0.25, -0.2) is 4.98 Å². The van der Waals surface area contributed by atoms with Gasteiger partial charge < -0.3 is 14.6 Å². The monoisotopic (exact) mass is 273 g/mol. The molecule has 1 aromatic heterocycles. The van der Waals surface area contributed by atoms with Gasteiger partial charge in [0.15, 0.2) is 0 Å². The minimum Gasteiger partial charge on any atom is -0.382 e. The molecule has 0 spiro atoms.